The third-order valence-electron chi connectivity index (χ3n) is 2.77. The van der Waals surface area contributed by atoms with Crippen LogP contribution < -0.4 is 0 Å². The van der Waals surface area contributed by atoms with E-state index in [4.69, 9.17) is 9.84 Å². The zero-order valence-corrected chi connectivity index (χ0v) is 11.4. The quantitative estimate of drug-likeness (QED) is 0.845. The fraction of sp³-hybridized carbons (Fsp3) is 0.429. The molecule has 0 saturated heterocycles. The van der Waals surface area contributed by atoms with Gasteiger partial charge in [0.1, 0.15) is 0 Å². The van der Waals surface area contributed by atoms with Gasteiger partial charge in [0.05, 0.1) is 5.56 Å². The number of hydrogen-bond donors (Lipinski definition) is 1. The van der Waals surface area contributed by atoms with Gasteiger partial charge in [-0.25, -0.2) is 9.59 Å². The van der Waals surface area contributed by atoms with Crippen molar-refractivity contribution in [3.05, 3.63) is 35.4 Å². The largest absolute Gasteiger partial charge is 0.477 e. The third-order valence-corrected chi connectivity index (χ3v) is 2.77. The number of halogens is 2. The van der Waals surface area contributed by atoms with E-state index in [0.29, 0.717) is 0 Å². The molecule has 0 amide bonds. The molecule has 1 aromatic rings. The third kappa shape index (κ3) is 3.53. The molecule has 110 valence electrons. The van der Waals surface area contributed by atoms with Crippen LogP contribution in [0.15, 0.2) is 24.3 Å². The van der Waals surface area contributed by atoms with E-state index in [1.165, 1.54) is 26.0 Å². The van der Waals surface area contributed by atoms with E-state index in [-0.39, 0.29) is 5.56 Å². The highest BCUT2D eigenvalue weighted by atomic mass is 19.3. The molecule has 0 aliphatic carbocycles. The summed E-state index contributed by atoms with van der Waals surface area (Å²) in [7, 11) is 0. The molecule has 0 fully saturated rings. The van der Waals surface area contributed by atoms with Crippen LogP contribution in [-0.4, -0.2) is 29.1 Å². The van der Waals surface area contributed by atoms with Crippen molar-refractivity contribution < 1.29 is 28.2 Å². The Kier molecular flexibility index (Phi) is 4.81. The number of rotatable bonds is 5. The molecule has 1 unspecified atom stereocenters. The van der Waals surface area contributed by atoms with Crippen molar-refractivity contribution >= 4 is 11.9 Å². The first-order valence-electron chi connectivity index (χ1n) is 6.05. The molecule has 1 rings (SSSR count). The Hall–Kier alpha value is -1.98. The molecule has 0 aliphatic rings. The molecule has 1 N–H and O–H groups in total. The van der Waals surface area contributed by atoms with Gasteiger partial charge in [-0.15, -0.1) is 0 Å². The second-order valence-electron chi connectivity index (χ2n) is 4.86. The highest BCUT2D eigenvalue weighted by molar-refractivity contribution is 5.90. The van der Waals surface area contributed by atoms with Crippen LogP contribution in [0.1, 0.15) is 29.8 Å². The summed E-state index contributed by atoms with van der Waals surface area (Å²) in [4.78, 5) is 22.4. The van der Waals surface area contributed by atoms with Gasteiger partial charge in [-0.1, -0.05) is 31.5 Å². The molecule has 4 nitrogen and oxygen atoms in total. The fourth-order valence-corrected chi connectivity index (χ4v) is 1.62. The van der Waals surface area contributed by atoms with Gasteiger partial charge in [-0.3, -0.25) is 0 Å². The molecule has 0 spiro atoms. The van der Waals surface area contributed by atoms with Crippen molar-refractivity contribution in [1.82, 2.24) is 0 Å². The molecule has 0 aromatic heterocycles. The van der Waals surface area contributed by atoms with Crippen LogP contribution in [0.25, 0.3) is 0 Å². The van der Waals surface area contributed by atoms with Crippen molar-refractivity contribution in [3.63, 3.8) is 0 Å². The highest BCUT2D eigenvalue weighted by Crippen LogP contribution is 2.28. The minimum atomic E-state index is -4.13. The lowest BCUT2D eigenvalue weighted by atomic mass is 10.0. The Bertz CT molecular complexity index is 494. The maximum atomic E-state index is 13.5. The summed E-state index contributed by atoms with van der Waals surface area (Å²) in [6.07, 6.45) is -2.02. The maximum absolute atomic E-state index is 13.5. The Balaban J connectivity index is 2.94. The predicted octanol–water partition coefficient (Wildman–Crippen LogP) is 2.90. The molecular weight excluding hydrogens is 270 g/mol. The van der Waals surface area contributed by atoms with Crippen molar-refractivity contribution in [2.75, 3.05) is 0 Å². The van der Waals surface area contributed by atoms with Crippen molar-refractivity contribution in [2.45, 2.75) is 32.8 Å². The van der Waals surface area contributed by atoms with Crippen molar-refractivity contribution in [1.29, 1.82) is 0 Å². The van der Waals surface area contributed by atoms with Crippen LogP contribution in [0.4, 0.5) is 8.78 Å². The number of carbonyl (C=O) groups is 2. The van der Waals surface area contributed by atoms with Gasteiger partial charge < -0.3 is 9.84 Å². The van der Waals surface area contributed by atoms with E-state index < -0.39 is 29.9 Å². The van der Waals surface area contributed by atoms with E-state index in [2.05, 4.69) is 0 Å². The number of aliphatic carboxylic acids is 1. The number of aryl methyl sites for hydroxylation is 1. The molecule has 0 heterocycles. The summed E-state index contributed by atoms with van der Waals surface area (Å²) in [5.74, 6) is -8.25. The Morgan fingerprint density at radius 1 is 1.20 bits per heavy atom. The lowest BCUT2D eigenvalue weighted by molar-refractivity contribution is -0.187. The lowest BCUT2D eigenvalue weighted by Crippen LogP contribution is -2.47. The monoisotopic (exact) mass is 286 g/mol. The minimum absolute atomic E-state index is 0.0995. The maximum Gasteiger partial charge on any atom is 0.378 e. The molecule has 20 heavy (non-hydrogen) atoms. The number of carbonyl (C=O) groups excluding carboxylic acids is 1. The number of benzene rings is 1. The van der Waals surface area contributed by atoms with Gasteiger partial charge in [-0.05, 0) is 25.0 Å². The SMILES string of the molecule is Cc1ccc(C(=O)OC(C(C)C)C(F)(F)C(=O)O)cc1. The molecule has 6 heteroatoms. The highest BCUT2D eigenvalue weighted by Gasteiger charge is 2.51. The number of carboxylic acid groups (broad SMARTS) is 1. The number of alkyl halides is 2. The van der Waals surface area contributed by atoms with Gasteiger partial charge >= 0.3 is 17.9 Å². The molecular formula is C14H16F2O4. The van der Waals surface area contributed by atoms with E-state index in [9.17, 15) is 18.4 Å². The Morgan fingerprint density at radius 3 is 2.10 bits per heavy atom. The van der Waals surface area contributed by atoms with Crippen molar-refractivity contribution in [3.8, 4) is 0 Å². The fourth-order valence-electron chi connectivity index (χ4n) is 1.62. The summed E-state index contributed by atoms with van der Waals surface area (Å²) < 4.78 is 31.7. The second-order valence-corrected chi connectivity index (χ2v) is 4.86. The predicted molar refractivity (Wildman–Crippen MR) is 67.8 cm³/mol. The molecule has 0 aliphatic heterocycles. The average Bonchev–Trinajstić information content (AvgIpc) is 2.35. The van der Waals surface area contributed by atoms with E-state index in [1.54, 1.807) is 12.1 Å². The van der Waals surface area contributed by atoms with E-state index in [1.807, 2.05) is 6.92 Å². The number of esters is 1. The standard InChI is InChI=1S/C14H16F2O4/c1-8(2)11(14(15,16)13(18)19)20-12(17)10-6-4-9(3)5-7-10/h4-8,11H,1-3H3,(H,18,19). The van der Waals surface area contributed by atoms with E-state index in [0.717, 1.165) is 5.56 Å². The van der Waals surface area contributed by atoms with Gasteiger partial charge in [0, 0.05) is 0 Å². The average molecular weight is 286 g/mol. The van der Waals surface area contributed by atoms with Gasteiger partial charge in [0.25, 0.3) is 0 Å². The van der Waals surface area contributed by atoms with Crippen molar-refractivity contribution in [2.24, 2.45) is 5.92 Å². The van der Waals surface area contributed by atoms with Crippen LogP contribution in [-0.2, 0) is 9.53 Å². The Morgan fingerprint density at radius 2 is 1.70 bits per heavy atom. The summed E-state index contributed by atoms with van der Waals surface area (Å²) in [6, 6.07) is 6.15. The summed E-state index contributed by atoms with van der Waals surface area (Å²) in [5, 5.41) is 8.54. The smallest absolute Gasteiger partial charge is 0.378 e. The zero-order valence-electron chi connectivity index (χ0n) is 11.4. The normalized spacial score (nSPS) is 13.1. The van der Waals surface area contributed by atoms with Crippen LogP contribution in [0, 0.1) is 12.8 Å². The molecule has 0 radical (unpaired) electrons. The van der Waals surface area contributed by atoms with Gasteiger partial charge in [0.15, 0.2) is 6.10 Å². The van der Waals surface area contributed by atoms with E-state index >= 15 is 0 Å². The first-order valence-corrected chi connectivity index (χ1v) is 6.05. The van der Waals surface area contributed by atoms with Crippen LogP contribution >= 0.6 is 0 Å². The second kappa shape index (κ2) is 5.98. The molecule has 0 saturated carbocycles. The first-order chi connectivity index (χ1) is 9.16. The first kappa shape index (κ1) is 16.1. The molecule has 0 bridgehead atoms. The minimum Gasteiger partial charge on any atom is -0.477 e. The zero-order chi connectivity index (χ0) is 15.5. The van der Waals surface area contributed by atoms with Crippen LogP contribution in [0.3, 0.4) is 0 Å². The molecule has 1 atom stereocenters. The summed E-state index contributed by atoms with van der Waals surface area (Å²) in [6.45, 7) is 4.54. The lowest BCUT2D eigenvalue weighted by Gasteiger charge is -2.26. The van der Waals surface area contributed by atoms with Gasteiger partial charge in [-0.2, -0.15) is 8.78 Å². The summed E-state index contributed by atoms with van der Waals surface area (Å²) >= 11 is 0. The topological polar surface area (TPSA) is 63.6 Å². The summed E-state index contributed by atoms with van der Waals surface area (Å²) in [5.41, 5.74) is 1.00. The number of carboxylic acids is 1. The van der Waals surface area contributed by atoms with Crippen LogP contribution in [0.5, 0.6) is 0 Å². The number of hydrogen-bond acceptors (Lipinski definition) is 3. The molecule has 1 aromatic carbocycles. The number of ether oxygens (including phenoxy) is 1. The Labute approximate surface area is 115 Å². The van der Waals surface area contributed by atoms with Crippen LogP contribution in [0.2, 0.25) is 0 Å². The van der Waals surface area contributed by atoms with Gasteiger partial charge in [0.2, 0.25) is 0 Å².